The van der Waals surface area contributed by atoms with Gasteiger partial charge in [0, 0.05) is 43.0 Å². The summed E-state index contributed by atoms with van der Waals surface area (Å²) in [5.41, 5.74) is 2.67. The standard InChI is InChI=1S/C28H33N5O2S/c1-4-8-26(34)33(19(3)27-29-22-9-6-7-10-23(22)30-27)21-11-12-24-20(17-21)18-25(36-24)28(35)32-15-13-31(5-2)14-16-32/h6-7,9-12,17-19H,4-5,8,13-16H2,1-3H3,(H,29,30). The SMILES string of the molecule is CCCC(=O)N(c1ccc2sc(C(=O)N3CCN(CC)CC3)cc2c1)C(C)c1nc2ccccc2[nH]1. The number of carbonyl (C=O) groups is 2. The zero-order valence-corrected chi connectivity index (χ0v) is 22.0. The number of carbonyl (C=O) groups excluding carboxylic acids is 2. The first kappa shape index (κ1) is 24.5. The number of nitrogens with one attached hydrogen (secondary N) is 1. The number of thiophene rings is 1. The Balaban J connectivity index is 1.44. The number of benzene rings is 2. The molecule has 36 heavy (non-hydrogen) atoms. The maximum atomic E-state index is 13.3. The predicted octanol–water partition coefficient (Wildman–Crippen LogP) is 5.45. The molecule has 1 fully saturated rings. The minimum absolute atomic E-state index is 0.0603. The van der Waals surface area contributed by atoms with Crippen molar-refractivity contribution < 1.29 is 9.59 Å². The van der Waals surface area contributed by atoms with Crippen LogP contribution >= 0.6 is 11.3 Å². The molecule has 1 aliphatic heterocycles. The third-order valence-electron chi connectivity index (χ3n) is 7.02. The summed E-state index contributed by atoms with van der Waals surface area (Å²) in [4.78, 5) is 41.6. The number of aromatic nitrogens is 2. The molecule has 1 atom stereocenters. The van der Waals surface area contributed by atoms with Crippen LogP contribution in [0.3, 0.4) is 0 Å². The molecule has 5 rings (SSSR count). The van der Waals surface area contributed by atoms with E-state index in [0.29, 0.717) is 6.42 Å². The second-order valence-electron chi connectivity index (χ2n) is 9.39. The second-order valence-corrected chi connectivity index (χ2v) is 10.5. The van der Waals surface area contributed by atoms with E-state index in [4.69, 9.17) is 4.98 Å². The van der Waals surface area contributed by atoms with Crippen LogP contribution in [0.25, 0.3) is 21.1 Å². The molecule has 8 heteroatoms. The Morgan fingerprint density at radius 3 is 2.58 bits per heavy atom. The van der Waals surface area contributed by atoms with E-state index < -0.39 is 0 Å². The minimum Gasteiger partial charge on any atom is -0.340 e. The van der Waals surface area contributed by atoms with Gasteiger partial charge in [-0.1, -0.05) is 26.0 Å². The zero-order chi connectivity index (χ0) is 25.2. The molecule has 0 aliphatic carbocycles. The Morgan fingerprint density at radius 2 is 1.86 bits per heavy atom. The summed E-state index contributed by atoms with van der Waals surface area (Å²) in [6, 6.07) is 15.7. The number of piperazine rings is 1. The van der Waals surface area contributed by atoms with Gasteiger partial charge in [0.2, 0.25) is 5.91 Å². The third-order valence-corrected chi connectivity index (χ3v) is 8.12. The van der Waals surface area contributed by atoms with Crippen LogP contribution in [-0.2, 0) is 4.79 Å². The van der Waals surface area contributed by atoms with Crippen molar-refractivity contribution in [3.8, 4) is 0 Å². The fourth-order valence-corrected chi connectivity index (χ4v) is 5.93. The summed E-state index contributed by atoms with van der Waals surface area (Å²) in [5.74, 6) is 0.918. The number of anilines is 1. The first-order chi connectivity index (χ1) is 17.5. The molecule has 1 N–H and O–H groups in total. The molecule has 1 unspecified atom stereocenters. The average Bonchev–Trinajstić information content (AvgIpc) is 3.53. The Labute approximate surface area is 215 Å². The number of nitrogens with zero attached hydrogens (tertiary/aromatic N) is 4. The first-order valence-electron chi connectivity index (χ1n) is 12.8. The number of likely N-dealkylation sites (N-methyl/N-ethyl adjacent to an activating group) is 1. The van der Waals surface area contributed by atoms with Crippen LogP contribution in [0.4, 0.5) is 5.69 Å². The van der Waals surface area contributed by atoms with Gasteiger partial charge in [0.05, 0.1) is 22.0 Å². The maximum Gasteiger partial charge on any atom is 0.264 e. The van der Waals surface area contributed by atoms with Crippen LogP contribution in [0, 0.1) is 0 Å². The van der Waals surface area contributed by atoms with E-state index in [1.54, 1.807) is 0 Å². The summed E-state index contributed by atoms with van der Waals surface area (Å²) in [5, 5.41) is 0.985. The van der Waals surface area contributed by atoms with E-state index in [1.807, 2.05) is 72.2 Å². The van der Waals surface area contributed by atoms with Crippen molar-refractivity contribution in [1.82, 2.24) is 19.8 Å². The summed E-state index contributed by atoms with van der Waals surface area (Å²) < 4.78 is 1.05. The number of H-pyrrole nitrogens is 1. The van der Waals surface area contributed by atoms with E-state index in [0.717, 1.165) is 76.7 Å². The minimum atomic E-state index is -0.261. The highest BCUT2D eigenvalue weighted by atomic mass is 32.1. The van der Waals surface area contributed by atoms with Crippen LogP contribution < -0.4 is 4.90 Å². The van der Waals surface area contributed by atoms with E-state index in [9.17, 15) is 9.59 Å². The molecule has 4 aromatic rings. The number of amides is 2. The Kier molecular flexibility index (Phi) is 7.07. The van der Waals surface area contributed by atoms with Crippen LogP contribution in [-0.4, -0.2) is 64.3 Å². The highest BCUT2D eigenvalue weighted by Gasteiger charge is 2.27. The normalized spacial score (nSPS) is 15.5. The number of hydrogen-bond donors (Lipinski definition) is 1. The molecule has 2 amide bonds. The highest BCUT2D eigenvalue weighted by Crippen LogP contribution is 2.34. The zero-order valence-electron chi connectivity index (χ0n) is 21.2. The Morgan fingerprint density at radius 1 is 1.08 bits per heavy atom. The number of imidazole rings is 1. The van der Waals surface area contributed by atoms with Gasteiger partial charge in [-0.15, -0.1) is 11.3 Å². The molecule has 188 valence electrons. The Bertz CT molecular complexity index is 1350. The topological polar surface area (TPSA) is 72.5 Å². The quantitative estimate of drug-likeness (QED) is 0.364. The van der Waals surface area contributed by atoms with E-state index in [-0.39, 0.29) is 17.9 Å². The lowest BCUT2D eigenvalue weighted by Gasteiger charge is -2.33. The van der Waals surface area contributed by atoms with Crippen molar-refractivity contribution in [2.75, 3.05) is 37.6 Å². The molecule has 3 heterocycles. The molecule has 0 spiro atoms. The van der Waals surface area contributed by atoms with E-state index in [1.165, 1.54) is 11.3 Å². The van der Waals surface area contributed by atoms with Gasteiger partial charge >= 0.3 is 0 Å². The lowest BCUT2D eigenvalue weighted by Crippen LogP contribution is -2.48. The molecule has 1 aliphatic rings. The lowest BCUT2D eigenvalue weighted by molar-refractivity contribution is -0.119. The van der Waals surface area contributed by atoms with Crippen LogP contribution in [0.1, 0.15) is 55.2 Å². The molecular formula is C28H33N5O2S. The number of rotatable bonds is 7. The van der Waals surface area contributed by atoms with Crippen LogP contribution in [0.15, 0.2) is 48.5 Å². The largest absolute Gasteiger partial charge is 0.340 e. The first-order valence-corrected chi connectivity index (χ1v) is 13.6. The molecular weight excluding hydrogens is 470 g/mol. The third kappa shape index (κ3) is 4.75. The molecule has 0 saturated carbocycles. The van der Waals surface area contributed by atoms with Gasteiger partial charge in [-0.2, -0.15) is 0 Å². The molecule has 7 nitrogen and oxygen atoms in total. The van der Waals surface area contributed by atoms with E-state index in [2.05, 4.69) is 16.8 Å². The highest BCUT2D eigenvalue weighted by molar-refractivity contribution is 7.20. The average molecular weight is 504 g/mol. The molecule has 0 radical (unpaired) electrons. The summed E-state index contributed by atoms with van der Waals surface area (Å²) >= 11 is 1.53. The van der Waals surface area contributed by atoms with Crippen molar-refractivity contribution in [3.05, 3.63) is 59.2 Å². The van der Waals surface area contributed by atoms with Crippen LogP contribution in [0.5, 0.6) is 0 Å². The van der Waals surface area contributed by atoms with Gasteiger partial charge in [-0.3, -0.25) is 9.59 Å². The van der Waals surface area contributed by atoms with Crippen molar-refractivity contribution in [1.29, 1.82) is 0 Å². The second kappa shape index (κ2) is 10.4. The lowest BCUT2D eigenvalue weighted by atomic mass is 10.1. The van der Waals surface area contributed by atoms with Gasteiger partial charge in [0.25, 0.3) is 5.91 Å². The number of hydrogen-bond acceptors (Lipinski definition) is 5. The summed E-state index contributed by atoms with van der Waals surface area (Å²) in [6.07, 6.45) is 1.23. The molecule has 2 aromatic carbocycles. The van der Waals surface area contributed by atoms with Crippen molar-refractivity contribution >= 4 is 50.0 Å². The van der Waals surface area contributed by atoms with Crippen LogP contribution in [0.2, 0.25) is 0 Å². The van der Waals surface area contributed by atoms with Crippen molar-refractivity contribution in [2.45, 2.75) is 39.7 Å². The van der Waals surface area contributed by atoms with Gasteiger partial charge in [0.15, 0.2) is 0 Å². The fourth-order valence-electron chi connectivity index (χ4n) is 4.92. The summed E-state index contributed by atoms with van der Waals surface area (Å²) in [7, 11) is 0. The number of aromatic amines is 1. The molecule has 2 aromatic heterocycles. The predicted molar refractivity (Wildman–Crippen MR) is 147 cm³/mol. The number of para-hydroxylation sites is 2. The fraction of sp³-hybridized carbons (Fsp3) is 0.393. The van der Waals surface area contributed by atoms with Gasteiger partial charge in [-0.25, -0.2) is 4.98 Å². The Hall–Kier alpha value is -3.23. The van der Waals surface area contributed by atoms with Gasteiger partial charge in [0.1, 0.15) is 5.82 Å². The summed E-state index contributed by atoms with van der Waals surface area (Å²) in [6.45, 7) is 10.6. The van der Waals surface area contributed by atoms with E-state index >= 15 is 0 Å². The van der Waals surface area contributed by atoms with Crippen molar-refractivity contribution in [3.63, 3.8) is 0 Å². The van der Waals surface area contributed by atoms with Gasteiger partial charge in [-0.05, 0) is 61.7 Å². The smallest absolute Gasteiger partial charge is 0.264 e. The maximum absolute atomic E-state index is 13.3. The monoisotopic (exact) mass is 503 g/mol. The number of fused-ring (bicyclic) bond motifs is 2. The molecule has 1 saturated heterocycles. The van der Waals surface area contributed by atoms with Gasteiger partial charge < -0.3 is 19.7 Å². The molecule has 0 bridgehead atoms. The van der Waals surface area contributed by atoms with Crippen molar-refractivity contribution in [2.24, 2.45) is 0 Å².